The molecule has 17 heavy (non-hydrogen) atoms. The van der Waals surface area contributed by atoms with E-state index < -0.39 is 0 Å². The highest BCUT2D eigenvalue weighted by Crippen LogP contribution is 2.38. The average molecular weight is 235 g/mol. The fourth-order valence-electron chi connectivity index (χ4n) is 2.79. The van der Waals surface area contributed by atoms with Crippen molar-refractivity contribution in [1.82, 2.24) is 5.32 Å². The van der Waals surface area contributed by atoms with Crippen LogP contribution in [0.15, 0.2) is 24.3 Å². The molecule has 0 bridgehead atoms. The van der Waals surface area contributed by atoms with Crippen LogP contribution in [-0.4, -0.2) is 6.04 Å². The third-order valence-corrected chi connectivity index (χ3v) is 4.08. The Balaban J connectivity index is 2.01. The largest absolute Gasteiger partial charge is 0.307 e. The zero-order valence-corrected chi connectivity index (χ0v) is 11.0. The van der Waals surface area contributed by atoms with Crippen LogP contribution in [0.1, 0.15) is 51.6 Å². The summed E-state index contributed by atoms with van der Waals surface area (Å²) in [5.41, 5.74) is 1.54. The minimum Gasteiger partial charge on any atom is -0.307 e. The Kier molecular flexibility index (Phi) is 3.53. The number of hydrogen-bond acceptors (Lipinski definition) is 1. The molecule has 94 valence electrons. The van der Waals surface area contributed by atoms with Gasteiger partial charge in [-0.3, -0.25) is 0 Å². The van der Waals surface area contributed by atoms with E-state index in [0.717, 1.165) is 5.56 Å². The number of nitrogens with one attached hydrogen (secondary N) is 1. The fourth-order valence-corrected chi connectivity index (χ4v) is 2.79. The molecule has 1 aromatic carbocycles. The summed E-state index contributed by atoms with van der Waals surface area (Å²) >= 11 is 0. The van der Waals surface area contributed by atoms with Crippen molar-refractivity contribution in [2.75, 3.05) is 0 Å². The van der Waals surface area contributed by atoms with Gasteiger partial charge in [0.15, 0.2) is 0 Å². The molecule has 0 aromatic heterocycles. The van der Waals surface area contributed by atoms with Gasteiger partial charge in [0.05, 0.1) is 0 Å². The van der Waals surface area contributed by atoms with Gasteiger partial charge in [0, 0.05) is 12.1 Å². The first-order valence-electron chi connectivity index (χ1n) is 6.50. The van der Waals surface area contributed by atoms with Crippen molar-refractivity contribution >= 4 is 0 Å². The smallest absolute Gasteiger partial charge is 0.123 e. The predicted octanol–water partition coefficient (Wildman–Crippen LogP) is 4.06. The summed E-state index contributed by atoms with van der Waals surface area (Å²) in [6, 6.07) is 7.67. The number of benzene rings is 1. The van der Waals surface area contributed by atoms with Crippen molar-refractivity contribution in [1.29, 1.82) is 0 Å². The molecule has 2 unspecified atom stereocenters. The van der Waals surface area contributed by atoms with E-state index in [1.807, 2.05) is 12.1 Å². The first-order valence-corrected chi connectivity index (χ1v) is 6.50. The first-order chi connectivity index (χ1) is 7.99. The lowest BCUT2D eigenvalue weighted by atomic mass is 9.86. The monoisotopic (exact) mass is 235 g/mol. The maximum absolute atomic E-state index is 12.9. The lowest BCUT2D eigenvalue weighted by molar-refractivity contribution is 0.266. The van der Waals surface area contributed by atoms with Gasteiger partial charge >= 0.3 is 0 Å². The van der Waals surface area contributed by atoms with Gasteiger partial charge in [-0.1, -0.05) is 32.4 Å². The van der Waals surface area contributed by atoms with Gasteiger partial charge in [-0.05, 0) is 42.9 Å². The third-order valence-electron chi connectivity index (χ3n) is 4.08. The quantitative estimate of drug-likeness (QED) is 0.833. The maximum atomic E-state index is 12.9. The van der Waals surface area contributed by atoms with Crippen molar-refractivity contribution in [2.45, 2.75) is 52.1 Å². The third kappa shape index (κ3) is 2.86. The van der Waals surface area contributed by atoms with Crippen molar-refractivity contribution in [3.63, 3.8) is 0 Å². The van der Waals surface area contributed by atoms with E-state index in [1.54, 1.807) is 0 Å². The molecule has 0 radical (unpaired) electrons. The minimum absolute atomic E-state index is 0.165. The first kappa shape index (κ1) is 12.6. The van der Waals surface area contributed by atoms with E-state index in [-0.39, 0.29) is 11.9 Å². The molecule has 1 nitrogen and oxygen atoms in total. The molecule has 0 amide bonds. The molecule has 1 aliphatic carbocycles. The molecule has 0 saturated heterocycles. The van der Waals surface area contributed by atoms with Crippen LogP contribution in [0.5, 0.6) is 0 Å². The molecule has 1 aliphatic rings. The van der Waals surface area contributed by atoms with Gasteiger partial charge in [0.25, 0.3) is 0 Å². The van der Waals surface area contributed by atoms with Gasteiger partial charge in [-0.15, -0.1) is 0 Å². The maximum Gasteiger partial charge on any atom is 0.123 e. The molecule has 1 saturated carbocycles. The van der Waals surface area contributed by atoms with Crippen LogP contribution < -0.4 is 5.32 Å². The molecule has 0 heterocycles. The summed E-state index contributed by atoms with van der Waals surface area (Å²) in [6.45, 7) is 6.81. The second-order valence-corrected chi connectivity index (χ2v) is 5.87. The van der Waals surface area contributed by atoms with Crippen molar-refractivity contribution < 1.29 is 4.39 Å². The van der Waals surface area contributed by atoms with Crippen LogP contribution in [0, 0.1) is 11.2 Å². The summed E-state index contributed by atoms with van der Waals surface area (Å²) < 4.78 is 12.9. The molecule has 2 rings (SSSR count). The van der Waals surface area contributed by atoms with E-state index in [0.29, 0.717) is 11.5 Å². The SMILES string of the molecule is CC(NC1CCCC1(C)C)c1ccc(F)cc1. The molecular formula is C15H22FN. The van der Waals surface area contributed by atoms with E-state index in [2.05, 4.69) is 26.1 Å². The van der Waals surface area contributed by atoms with E-state index >= 15 is 0 Å². The number of hydrogen-bond donors (Lipinski definition) is 1. The lowest BCUT2D eigenvalue weighted by Crippen LogP contribution is -2.39. The molecule has 1 fully saturated rings. The Hall–Kier alpha value is -0.890. The highest BCUT2D eigenvalue weighted by atomic mass is 19.1. The standard InChI is InChI=1S/C15H22FN/c1-11(12-6-8-13(16)9-7-12)17-14-5-4-10-15(14,2)3/h6-9,11,14,17H,4-5,10H2,1-3H3. The number of rotatable bonds is 3. The second kappa shape index (κ2) is 4.77. The van der Waals surface area contributed by atoms with Crippen molar-refractivity contribution in [2.24, 2.45) is 5.41 Å². The van der Waals surface area contributed by atoms with E-state index in [1.165, 1.54) is 31.4 Å². The Morgan fingerprint density at radius 2 is 1.94 bits per heavy atom. The molecular weight excluding hydrogens is 213 g/mol. The van der Waals surface area contributed by atoms with Crippen molar-refractivity contribution in [3.8, 4) is 0 Å². The average Bonchev–Trinajstić information content (AvgIpc) is 2.59. The van der Waals surface area contributed by atoms with Gasteiger partial charge in [0.1, 0.15) is 5.82 Å². The van der Waals surface area contributed by atoms with Gasteiger partial charge in [-0.25, -0.2) is 4.39 Å². The van der Waals surface area contributed by atoms with Crippen molar-refractivity contribution in [3.05, 3.63) is 35.6 Å². The van der Waals surface area contributed by atoms with Gasteiger partial charge in [-0.2, -0.15) is 0 Å². The second-order valence-electron chi connectivity index (χ2n) is 5.87. The number of halogens is 1. The lowest BCUT2D eigenvalue weighted by Gasteiger charge is -2.31. The molecule has 0 spiro atoms. The summed E-state index contributed by atoms with van der Waals surface area (Å²) in [5, 5.41) is 3.68. The van der Waals surface area contributed by atoms with Crippen LogP contribution >= 0.6 is 0 Å². The van der Waals surface area contributed by atoms with Crippen LogP contribution in [0.2, 0.25) is 0 Å². The highest BCUT2D eigenvalue weighted by Gasteiger charge is 2.34. The minimum atomic E-state index is -0.165. The topological polar surface area (TPSA) is 12.0 Å². The van der Waals surface area contributed by atoms with E-state index in [9.17, 15) is 4.39 Å². The van der Waals surface area contributed by atoms with Crippen LogP contribution in [-0.2, 0) is 0 Å². The molecule has 1 N–H and O–H groups in total. The Morgan fingerprint density at radius 1 is 1.29 bits per heavy atom. The summed E-state index contributed by atoms with van der Waals surface area (Å²) in [5.74, 6) is -0.165. The normalized spacial score (nSPS) is 24.8. The molecule has 2 atom stereocenters. The zero-order valence-electron chi connectivity index (χ0n) is 11.0. The summed E-state index contributed by atoms with van der Waals surface area (Å²) in [6.07, 6.45) is 3.85. The van der Waals surface area contributed by atoms with Gasteiger partial charge < -0.3 is 5.32 Å². The predicted molar refractivity (Wildman–Crippen MR) is 69.4 cm³/mol. The highest BCUT2D eigenvalue weighted by molar-refractivity contribution is 5.19. The molecule has 2 heteroatoms. The van der Waals surface area contributed by atoms with Crippen LogP contribution in [0.25, 0.3) is 0 Å². The van der Waals surface area contributed by atoms with E-state index in [4.69, 9.17) is 0 Å². The van der Waals surface area contributed by atoms with Crippen LogP contribution in [0.4, 0.5) is 4.39 Å². The Labute approximate surface area is 103 Å². The zero-order chi connectivity index (χ0) is 12.5. The fraction of sp³-hybridized carbons (Fsp3) is 0.600. The van der Waals surface area contributed by atoms with Crippen LogP contribution in [0.3, 0.4) is 0 Å². The Bertz CT molecular complexity index is 369. The van der Waals surface area contributed by atoms with Gasteiger partial charge in [0.2, 0.25) is 0 Å². The molecule has 1 aromatic rings. The summed E-state index contributed by atoms with van der Waals surface area (Å²) in [7, 11) is 0. The Morgan fingerprint density at radius 3 is 2.47 bits per heavy atom. The summed E-state index contributed by atoms with van der Waals surface area (Å²) in [4.78, 5) is 0. The molecule has 0 aliphatic heterocycles.